The third-order valence-electron chi connectivity index (χ3n) is 3.69. The van der Waals surface area contributed by atoms with Crippen LogP contribution in [0.25, 0.3) is 0 Å². The number of hydrogen-bond acceptors (Lipinski definition) is 2. The van der Waals surface area contributed by atoms with Crippen LogP contribution in [-0.2, 0) is 11.3 Å². The summed E-state index contributed by atoms with van der Waals surface area (Å²) >= 11 is 0. The van der Waals surface area contributed by atoms with Gasteiger partial charge in [-0.25, -0.2) is 0 Å². The second-order valence-corrected chi connectivity index (χ2v) is 5.07. The van der Waals surface area contributed by atoms with E-state index in [0.717, 1.165) is 26.1 Å². The van der Waals surface area contributed by atoms with Gasteiger partial charge in [-0.1, -0.05) is 30.3 Å². The van der Waals surface area contributed by atoms with Gasteiger partial charge in [0, 0.05) is 13.2 Å². The molecule has 1 aliphatic carbocycles. The van der Waals surface area contributed by atoms with E-state index in [1.165, 1.54) is 18.4 Å². The fraction of sp³-hybridized carbons (Fsp3) is 0.600. The average Bonchev–Trinajstić information content (AvgIpc) is 2.41. The first-order chi connectivity index (χ1) is 8.38. The highest BCUT2D eigenvalue weighted by Gasteiger charge is 2.20. The van der Waals surface area contributed by atoms with E-state index < -0.39 is 0 Å². The largest absolute Gasteiger partial charge is 0.396 e. The van der Waals surface area contributed by atoms with Crippen molar-refractivity contribution in [3.05, 3.63) is 35.9 Å². The SMILES string of the molecule is OC[C@H]1CC[C@H](COCc2ccccc2)CC1. The molecule has 1 aromatic rings. The van der Waals surface area contributed by atoms with Crippen LogP contribution < -0.4 is 0 Å². The highest BCUT2D eigenvalue weighted by Crippen LogP contribution is 2.28. The Morgan fingerprint density at radius 2 is 1.65 bits per heavy atom. The molecule has 94 valence electrons. The quantitative estimate of drug-likeness (QED) is 0.848. The van der Waals surface area contributed by atoms with Crippen molar-refractivity contribution < 1.29 is 9.84 Å². The van der Waals surface area contributed by atoms with Gasteiger partial charge in [0.1, 0.15) is 0 Å². The molecule has 1 fully saturated rings. The summed E-state index contributed by atoms with van der Waals surface area (Å²) in [5, 5.41) is 9.07. The summed E-state index contributed by atoms with van der Waals surface area (Å²) in [6.07, 6.45) is 4.74. The standard InChI is InChI=1S/C15H22O2/c16-10-13-6-8-15(9-7-13)12-17-11-14-4-2-1-3-5-14/h1-5,13,15-16H,6-12H2/t13-,15-. The molecular formula is C15H22O2. The van der Waals surface area contributed by atoms with Gasteiger partial charge in [-0.3, -0.25) is 0 Å². The van der Waals surface area contributed by atoms with E-state index in [4.69, 9.17) is 9.84 Å². The van der Waals surface area contributed by atoms with Crippen molar-refractivity contribution >= 4 is 0 Å². The summed E-state index contributed by atoms with van der Waals surface area (Å²) in [6, 6.07) is 10.3. The molecule has 0 unspecified atom stereocenters. The number of rotatable bonds is 5. The van der Waals surface area contributed by atoms with Crippen LogP contribution in [0.2, 0.25) is 0 Å². The lowest BCUT2D eigenvalue weighted by molar-refractivity contribution is 0.0602. The van der Waals surface area contributed by atoms with E-state index >= 15 is 0 Å². The predicted octanol–water partition coefficient (Wildman–Crippen LogP) is 3.00. The first-order valence-corrected chi connectivity index (χ1v) is 6.61. The number of aliphatic hydroxyl groups is 1. The van der Waals surface area contributed by atoms with Crippen molar-refractivity contribution in [2.45, 2.75) is 32.3 Å². The van der Waals surface area contributed by atoms with Crippen molar-refractivity contribution in [3.63, 3.8) is 0 Å². The molecule has 2 rings (SSSR count). The molecule has 0 atom stereocenters. The van der Waals surface area contributed by atoms with Gasteiger partial charge in [0.15, 0.2) is 0 Å². The van der Waals surface area contributed by atoms with E-state index in [0.29, 0.717) is 18.4 Å². The third kappa shape index (κ3) is 4.14. The molecule has 2 nitrogen and oxygen atoms in total. The maximum Gasteiger partial charge on any atom is 0.0717 e. The molecule has 1 aliphatic rings. The molecule has 1 saturated carbocycles. The second kappa shape index (κ2) is 6.77. The molecule has 0 radical (unpaired) electrons. The number of benzene rings is 1. The minimum Gasteiger partial charge on any atom is -0.396 e. The first kappa shape index (κ1) is 12.6. The normalized spacial score (nSPS) is 24.8. The van der Waals surface area contributed by atoms with Crippen molar-refractivity contribution in [2.75, 3.05) is 13.2 Å². The summed E-state index contributed by atoms with van der Waals surface area (Å²) in [5.74, 6) is 1.24. The molecule has 0 saturated heterocycles. The molecule has 0 heterocycles. The van der Waals surface area contributed by atoms with Crippen molar-refractivity contribution in [3.8, 4) is 0 Å². The lowest BCUT2D eigenvalue weighted by Gasteiger charge is -2.27. The zero-order valence-corrected chi connectivity index (χ0v) is 10.3. The van der Waals surface area contributed by atoms with Gasteiger partial charge >= 0.3 is 0 Å². The zero-order chi connectivity index (χ0) is 11.9. The van der Waals surface area contributed by atoms with Crippen LogP contribution in [0.1, 0.15) is 31.2 Å². The fourth-order valence-corrected chi connectivity index (χ4v) is 2.50. The highest BCUT2D eigenvalue weighted by atomic mass is 16.5. The van der Waals surface area contributed by atoms with Crippen LogP contribution in [-0.4, -0.2) is 18.3 Å². The van der Waals surface area contributed by atoms with Crippen LogP contribution in [0.4, 0.5) is 0 Å². The van der Waals surface area contributed by atoms with Crippen LogP contribution in [0.3, 0.4) is 0 Å². The molecule has 0 amide bonds. The van der Waals surface area contributed by atoms with E-state index in [1.807, 2.05) is 18.2 Å². The average molecular weight is 234 g/mol. The molecule has 0 spiro atoms. The molecule has 1 aromatic carbocycles. The van der Waals surface area contributed by atoms with Crippen molar-refractivity contribution in [2.24, 2.45) is 11.8 Å². The van der Waals surface area contributed by atoms with E-state index in [9.17, 15) is 0 Å². The van der Waals surface area contributed by atoms with Gasteiger partial charge in [-0.2, -0.15) is 0 Å². The van der Waals surface area contributed by atoms with Crippen molar-refractivity contribution in [1.29, 1.82) is 0 Å². The zero-order valence-electron chi connectivity index (χ0n) is 10.3. The maximum absolute atomic E-state index is 9.07. The Kier molecular flexibility index (Phi) is 5.02. The van der Waals surface area contributed by atoms with Crippen LogP contribution in [0.15, 0.2) is 30.3 Å². The summed E-state index contributed by atoms with van der Waals surface area (Å²) < 4.78 is 5.77. The monoisotopic (exact) mass is 234 g/mol. The van der Waals surface area contributed by atoms with Crippen LogP contribution in [0.5, 0.6) is 0 Å². The smallest absolute Gasteiger partial charge is 0.0717 e. The Balaban J connectivity index is 1.63. The molecule has 0 aromatic heterocycles. The highest BCUT2D eigenvalue weighted by molar-refractivity contribution is 5.13. The van der Waals surface area contributed by atoms with Crippen LogP contribution in [0, 0.1) is 11.8 Å². The van der Waals surface area contributed by atoms with Gasteiger partial charge in [-0.15, -0.1) is 0 Å². The minimum absolute atomic E-state index is 0.359. The number of ether oxygens (including phenoxy) is 1. The molecule has 0 aliphatic heterocycles. The second-order valence-electron chi connectivity index (χ2n) is 5.07. The Hall–Kier alpha value is -0.860. The first-order valence-electron chi connectivity index (χ1n) is 6.61. The van der Waals surface area contributed by atoms with Crippen molar-refractivity contribution in [1.82, 2.24) is 0 Å². The maximum atomic E-state index is 9.07. The summed E-state index contributed by atoms with van der Waals surface area (Å²) in [5.41, 5.74) is 1.25. The summed E-state index contributed by atoms with van der Waals surface area (Å²) in [7, 11) is 0. The molecular weight excluding hydrogens is 212 g/mol. The lowest BCUT2D eigenvalue weighted by Crippen LogP contribution is -2.20. The Morgan fingerprint density at radius 1 is 1.00 bits per heavy atom. The molecule has 1 N–H and O–H groups in total. The number of hydrogen-bond donors (Lipinski definition) is 1. The Morgan fingerprint density at radius 3 is 2.29 bits per heavy atom. The van der Waals surface area contributed by atoms with Gasteiger partial charge in [0.25, 0.3) is 0 Å². The topological polar surface area (TPSA) is 29.5 Å². The Bertz CT molecular complexity index is 302. The van der Waals surface area contributed by atoms with Crippen LogP contribution >= 0.6 is 0 Å². The molecule has 2 heteroatoms. The van der Waals surface area contributed by atoms with E-state index in [1.54, 1.807) is 0 Å². The van der Waals surface area contributed by atoms with Gasteiger partial charge in [-0.05, 0) is 43.1 Å². The van der Waals surface area contributed by atoms with Gasteiger partial charge in [0.2, 0.25) is 0 Å². The minimum atomic E-state index is 0.359. The van der Waals surface area contributed by atoms with E-state index in [2.05, 4.69) is 12.1 Å². The Labute approximate surface area is 104 Å². The van der Waals surface area contributed by atoms with E-state index in [-0.39, 0.29) is 0 Å². The lowest BCUT2D eigenvalue weighted by atomic mass is 9.83. The number of aliphatic hydroxyl groups excluding tert-OH is 1. The van der Waals surface area contributed by atoms with Gasteiger partial charge in [0.05, 0.1) is 6.61 Å². The van der Waals surface area contributed by atoms with Gasteiger partial charge < -0.3 is 9.84 Å². The third-order valence-corrected chi connectivity index (χ3v) is 3.69. The predicted molar refractivity (Wildman–Crippen MR) is 68.6 cm³/mol. The molecule has 0 bridgehead atoms. The summed E-state index contributed by atoms with van der Waals surface area (Å²) in [6.45, 7) is 1.95. The fourth-order valence-electron chi connectivity index (χ4n) is 2.50. The summed E-state index contributed by atoms with van der Waals surface area (Å²) in [4.78, 5) is 0. The molecule has 17 heavy (non-hydrogen) atoms.